The highest BCUT2D eigenvalue weighted by molar-refractivity contribution is 5.57. The maximum atomic E-state index is 10.8. The van der Waals surface area contributed by atoms with Gasteiger partial charge in [0.1, 0.15) is 0 Å². The maximum Gasteiger partial charge on any atom is 0.269 e. The highest BCUT2D eigenvalue weighted by Crippen LogP contribution is 2.25. The fourth-order valence-corrected chi connectivity index (χ4v) is 1.91. The Bertz CT molecular complexity index is 417. The topological polar surface area (TPSA) is 49.6 Å². The van der Waals surface area contributed by atoms with E-state index in [-0.39, 0.29) is 10.6 Å². The third-order valence-electron chi connectivity index (χ3n) is 2.81. The van der Waals surface area contributed by atoms with Crippen molar-refractivity contribution in [2.75, 3.05) is 39.6 Å². The molecule has 5 heteroatoms. The van der Waals surface area contributed by atoms with Gasteiger partial charge in [0.25, 0.3) is 5.69 Å². The molecular weight excluding hydrogens is 230 g/mol. The molecule has 0 saturated heterocycles. The molecule has 5 nitrogen and oxygen atoms in total. The Labute approximate surface area is 108 Å². The van der Waals surface area contributed by atoms with Gasteiger partial charge in [0.15, 0.2) is 0 Å². The van der Waals surface area contributed by atoms with Crippen molar-refractivity contribution in [2.45, 2.75) is 12.8 Å². The van der Waals surface area contributed by atoms with E-state index >= 15 is 0 Å². The molecule has 1 aromatic carbocycles. The summed E-state index contributed by atoms with van der Waals surface area (Å²) in [6.45, 7) is 0.982. The van der Waals surface area contributed by atoms with Gasteiger partial charge in [0, 0.05) is 31.9 Å². The molecule has 0 bridgehead atoms. The number of hydrogen-bond acceptors (Lipinski definition) is 4. The van der Waals surface area contributed by atoms with E-state index < -0.39 is 0 Å². The van der Waals surface area contributed by atoms with E-state index in [1.54, 1.807) is 12.1 Å². The average Bonchev–Trinajstić information content (AvgIpc) is 2.27. The fraction of sp³-hybridized carbons (Fsp3) is 0.538. The van der Waals surface area contributed by atoms with Crippen LogP contribution in [0.1, 0.15) is 12.0 Å². The molecular formula is C13H21N3O2. The average molecular weight is 251 g/mol. The molecule has 0 fully saturated rings. The molecule has 0 saturated carbocycles. The lowest BCUT2D eigenvalue weighted by Gasteiger charge is -2.18. The molecule has 0 radical (unpaired) electrons. The van der Waals surface area contributed by atoms with Crippen LogP contribution in [0, 0.1) is 10.1 Å². The second kappa shape index (κ2) is 6.35. The molecule has 1 rings (SSSR count). The summed E-state index contributed by atoms with van der Waals surface area (Å²) in [5.74, 6) is 0. The number of nitro benzene ring substituents is 1. The van der Waals surface area contributed by atoms with E-state index in [2.05, 4.69) is 4.90 Å². The van der Waals surface area contributed by atoms with Crippen LogP contribution in [0.2, 0.25) is 0 Å². The summed E-state index contributed by atoms with van der Waals surface area (Å²) in [6.07, 6.45) is 1.85. The standard InChI is InChI=1S/C13H21N3O2/c1-14(2)9-5-6-11-10-12(16(17)18)7-8-13(11)15(3)4/h7-8,10H,5-6,9H2,1-4H3. The van der Waals surface area contributed by atoms with Crippen LogP contribution >= 0.6 is 0 Å². The van der Waals surface area contributed by atoms with Crippen molar-refractivity contribution in [2.24, 2.45) is 0 Å². The number of non-ortho nitro benzene ring substituents is 1. The van der Waals surface area contributed by atoms with Crippen LogP contribution in [0.15, 0.2) is 18.2 Å². The van der Waals surface area contributed by atoms with Crippen LogP contribution in [0.25, 0.3) is 0 Å². The van der Waals surface area contributed by atoms with Crippen LogP contribution in [0.5, 0.6) is 0 Å². The van der Waals surface area contributed by atoms with Crippen molar-refractivity contribution in [1.29, 1.82) is 0 Å². The van der Waals surface area contributed by atoms with E-state index in [1.807, 2.05) is 39.2 Å². The number of hydrogen-bond donors (Lipinski definition) is 0. The molecule has 0 spiro atoms. The van der Waals surface area contributed by atoms with E-state index in [9.17, 15) is 10.1 Å². The van der Waals surface area contributed by atoms with Crippen LogP contribution in [0.4, 0.5) is 11.4 Å². The summed E-state index contributed by atoms with van der Waals surface area (Å²) < 4.78 is 0. The van der Waals surface area contributed by atoms with Crippen molar-refractivity contribution in [3.63, 3.8) is 0 Å². The first kappa shape index (κ1) is 14.4. The van der Waals surface area contributed by atoms with Crippen molar-refractivity contribution >= 4 is 11.4 Å². The maximum absolute atomic E-state index is 10.8. The lowest BCUT2D eigenvalue weighted by molar-refractivity contribution is -0.384. The van der Waals surface area contributed by atoms with Gasteiger partial charge in [0.05, 0.1) is 4.92 Å². The monoisotopic (exact) mass is 251 g/mol. The zero-order valence-electron chi connectivity index (χ0n) is 11.5. The molecule has 0 heterocycles. The van der Waals surface area contributed by atoms with Crippen molar-refractivity contribution in [3.05, 3.63) is 33.9 Å². The van der Waals surface area contributed by atoms with Crippen molar-refractivity contribution < 1.29 is 4.92 Å². The molecule has 0 aliphatic carbocycles. The molecule has 0 aromatic heterocycles. The molecule has 18 heavy (non-hydrogen) atoms. The minimum absolute atomic E-state index is 0.167. The normalized spacial score (nSPS) is 10.7. The number of rotatable bonds is 6. The smallest absolute Gasteiger partial charge is 0.269 e. The summed E-state index contributed by atoms with van der Waals surface area (Å²) in [7, 11) is 7.97. The van der Waals surface area contributed by atoms with Gasteiger partial charge in [0.2, 0.25) is 0 Å². The molecule has 1 aromatic rings. The lowest BCUT2D eigenvalue weighted by Crippen LogP contribution is -2.15. The van der Waals surface area contributed by atoms with Gasteiger partial charge in [-0.25, -0.2) is 0 Å². The number of nitrogens with zero attached hydrogens (tertiary/aromatic N) is 3. The number of aryl methyl sites for hydroxylation is 1. The second-order valence-electron chi connectivity index (χ2n) is 4.87. The Balaban J connectivity index is 2.89. The van der Waals surface area contributed by atoms with Gasteiger partial charge in [-0.3, -0.25) is 10.1 Å². The van der Waals surface area contributed by atoms with Gasteiger partial charge < -0.3 is 9.80 Å². The van der Waals surface area contributed by atoms with Crippen LogP contribution in [-0.2, 0) is 6.42 Å². The van der Waals surface area contributed by atoms with E-state index in [0.29, 0.717) is 0 Å². The molecule has 0 amide bonds. The largest absolute Gasteiger partial charge is 0.377 e. The summed E-state index contributed by atoms with van der Waals surface area (Å²) in [5.41, 5.74) is 2.26. The minimum atomic E-state index is -0.338. The SMILES string of the molecule is CN(C)CCCc1cc([N+](=O)[O-])ccc1N(C)C. The molecule has 100 valence electrons. The summed E-state index contributed by atoms with van der Waals surface area (Å²) in [6, 6.07) is 5.07. The zero-order chi connectivity index (χ0) is 13.7. The van der Waals surface area contributed by atoms with Crippen molar-refractivity contribution in [3.8, 4) is 0 Å². The Morgan fingerprint density at radius 1 is 1.22 bits per heavy atom. The first-order chi connectivity index (χ1) is 8.41. The predicted octanol–water partition coefficient (Wildman–Crippen LogP) is 2.16. The quantitative estimate of drug-likeness (QED) is 0.574. The lowest BCUT2D eigenvalue weighted by atomic mass is 10.1. The van der Waals surface area contributed by atoms with E-state index in [4.69, 9.17) is 0 Å². The minimum Gasteiger partial charge on any atom is -0.377 e. The van der Waals surface area contributed by atoms with Crippen LogP contribution in [0.3, 0.4) is 0 Å². The Morgan fingerprint density at radius 3 is 2.39 bits per heavy atom. The molecule has 0 aliphatic heterocycles. The Hall–Kier alpha value is -1.62. The summed E-state index contributed by atoms with van der Waals surface area (Å²) in [5, 5.41) is 10.8. The Morgan fingerprint density at radius 2 is 1.89 bits per heavy atom. The first-order valence-corrected chi connectivity index (χ1v) is 6.01. The van der Waals surface area contributed by atoms with E-state index in [1.165, 1.54) is 0 Å². The predicted molar refractivity (Wildman–Crippen MR) is 74.3 cm³/mol. The zero-order valence-corrected chi connectivity index (χ0v) is 11.5. The fourth-order valence-electron chi connectivity index (χ4n) is 1.91. The molecule has 0 atom stereocenters. The van der Waals surface area contributed by atoms with Crippen molar-refractivity contribution in [1.82, 2.24) is 4.90 Å². The van der Waals surface area contributed by atoms with Gasteiger partial charge in [-0.2, -0.15) is 0 Å². The number of anilines is 1. The molecule has 0 aliphatic rings. The first-order valence-electron chi connectivity index (χ1n) is 6.01. The van der Waals surface area contributed by atoms with Gasteiger partial charge in [-0.1, -0.05) is 0 Å². The van der Waals surface area contributed by atoms with Gasteiger partial charge in [-0.15, -0.1) is 0 Å². The molecule has 0 N–H and O–H groups in total. The second-order valence-corrected chi connectivity index (χ2v) is 4.87. The highest BCUT2D eigenvalue weighted by Gasteiger charge is 2.11. The highest BCUT2D eigenvalue weighted by atomic mass is 16.6. The Kier molecular flexibility index (Phi) is 5.09. The number of benzene rings is 1. The van der Waals surface area contributed by atoms with Crippen LogP contribution < -0.4 is 4.90 Å². The third-order valence-corrected chi connectivity index (χ3v) is 2.81. The third kappa shape index (κ3) is 4.00. The molecule has 0 unspecified atom stereocenters. The summed E-state index contributed by atoms with van der Waals surface area (Å²) in [4.78, 5) is 14.6. The number of nitro groups is 1. The van der Waals surface area contributed by atoms with Crippen LogP contribution in [-0.4, -0.2) is 44.6 Å². The van der Waals surface area contributed by atoms with Gasteiger partial charge >= 0.3 is 0 Å². The van der Waals surface area contributed by atoms with E-state index in [0.717, 1.165) is 30.6 Å². The summed E-state index contributed by atoms with van der Waals surface area (Å²) >= 11 is 0. The van der Waals surface area contributed by atoms with Gasteiger partial charge in [-0.05, 0) is 45.1 Å².